The van der Waals surface area contributed by atoms with Crippen molar-refractivity contribution >= 4 is 0 Å². The molecule has 0 spiro atoms. The second-order valence-corrected chi connectivity index (χ2v) is 7.15. The van der Waals surface area contributed by atoms with Crippen molar-refractivity contribution in [3.63, 3.8) is 0 Å². The molecule has 1 N–H and O–H groups in total. The highest BCUT2D eigenvalue weighted by Gasteiger charge is 2.31. The average molecular weight is 265 g/mol. The van der Waals surface area contributed by atoms with Gasteiger partial charge in [0.05, 0.1) is 0 Å². The zero-order valence-corrected chi connectivity index (χ0v) is 13.3. The number of rotatable bonds is 6. The third-order valence-electron chi connectivity index (χ3n) is 5.84. The molecule has 2 aliphatic carbocycles. The van der Waals surface area contributed by atoms with Crippen LogP contribution in [0.25, 0.3) is 0 Å². The molecule has 2 fully saturated rings. The first-order valence-electron chi connectivity index (χ1n) is 9.04. The van der Waals surface area contributed by atoms with Crippen LogP contribution < -0.4 is 5.32 Å². The Bertz CT molecular complexity index is 232. The Balaban J connectivity index is 1.85. The molecule has 2 saturated carbocycles. The fraction of sp³-hybridized carbons (Fsp3) is 1.00. The topological polar surface area (TPSA) is 12.0 Å². The fourth-order valence-corrected chi connectivity index (χ4v) is 4.53. The van der Waals surface area contributed by atoms with Crippen LogP contribution in [-0.2, 0) is 0 Å². The summed E-state index contributed by atoms with van der Waals surface area (Å²) in [5, 5.41) is 3.62. The maximum atomic E-state index is 3.62. The van der Waals surface area contributed by atoms with Gasteiger partial charge in [-0.3, -0.25) is 0 Å². The van der Waals surface area contributed by atoms with E-state index in [0.29, 0.717) is 0 Å². The second-order valence-electron chi connectivity index (χ2n) is 7.15. The van der Waals surface area contributed by atoms with Gasteiger partial charge in [-0.1, -0.05) is 58.8 Å². The van der Waals surface area contributed by atoms with Crippen LogP contribution in [0, 0.1) is 23.7 Å². The molecule has 1 nitrogen and oxygen atoms in total. The van der Waals surface area contributed by atoms with Gasteiger partial charge in [0.25, 0.3) is 0 Å². The summed E-state index contributed by atoms with van der Waals surface area (Å²) in [6.07, 6.45) is 15.0. The van der Waals surface area contributed by atoms with E-state index >= 15 is 0 Å². The van der Waals surface area contributed by atoms with Gasteiger partial charge in [0.1, 0.15) is 0 Å². The lowest BCUT2D eigenvalue weighted by Crippen LogP contribution is -2.34. The summed E-state index contributed by atoms with van der Waals surface area (Å²) >= 11 is 0. The first-order chi connectivity index (χ1) is 9.33. The normalized spacial score (nSPS) is 33.5. The average Bonchev–Trinajstić information content (AvgIpc) is 2.47. The van der Waals surface area contributed by atoms with E-state index in [1.807, 2.05) is 0 Å². The largest absolute Gasteiger partial charge is 0.317 e. The number of nitrogens with one attached hydrogen (secondary N) is 1. The van der Waals surface area contributed by atoms with Gasteiger partial charge in [0.2, 0.25) is 0 Å². The van der Waals surface area contributed by atoms with E-state index in [4.69, 9.17) is 0 Å². The summed E-state index contributed by atoms with van der Waals surface area (Å²) in [5.74, 6) is 4.11. The Morgan fingerprint density at radius 3 is 2.32 bits per heavy atom. The Morgan fingerprint density at radius 2 is 1.63 bits per heavy atom. The molecule has 0 saturated heterocycles. The molecule has 0 heterocycles. The lowest BCUT2D eigenvalue weighted by atomic mass is 9.68. The molecule has 19 heavy (non-hydrogen) atoms. The summed E-state index contributed by atoms with van der Waals surface area (Å²) in [5.41, 5.74) is 0. The molecule has 0 aliphatic heterocycles. The molecule has 3 unspecified atom stereocenters. The summed E-state index contributed by atoms with van der Waals surface area (Å²) in [7, 11) is 0. The van der Waals surface area contributed by atoms with Crippen LogP contribution in [0.3, 0.4) is 0 Å². The van der Waals surface area contributed by atoms with E-state index in [9.17, 15) is 0 Å². The maximum Gasteiger partial charge on any atom is -0.00180 e. The highest BCUT2D eigenvalue weighted by Crippen LogP contribution is 2.41. The van der Waals surface area contributed by atoms with Gasteiger partial charge in [0, 0.05) is 0 Å². The van der Waals surface area contributed by atoms with Crippen molar-refractivity contribution in [3.05, 3.63) is 0 Å². The van der Waals surface area contributed by atoms with Gasteiger partial charge in [-0.05, 0) is 56.0 Å². The van der Waals surface area contributed by atoms with Crippen molar-refractivity contribution in [1.29, 1.82) is 0 Å². The van der Waals surface area contributed by atoms with E-state index in [-0.39, 0.29) is 0 Å². The Morgan fingerprint density at radius 1 is 0.842 bits per heavy atom. The van der Waals surface area contributed by atoms with Crippen molar-refractivity contribution in [2.24, 2.45) is 23.7 Å². The van der Waals surface area contributed by atoms with Crippen molar-refractivity contribution < 1.29 is 0 Å². The van der Waals surface area contributed by atoms with Crippen molar-refractivity contribution in [3.8, 4) is 0 Å². The Labute approximate surface area is 120 Å². The lowest BCUT2D eigenvalue weighted by molar-refractivity contribution is 0.134. The summed E-state index contributed by atoms with van der Waals surface area (Å²) in [4.78, 5) is 0. The molecule has 112 valence electrons. The summed E-state index contributed by atoms with van der Waals surface area (Å²) in [6, 6.07) is 0. The first kappa shape index (κ1) is 15.4. The van der Waals surface area contributed by atoms with E-state index in [1.54, 1.807) is 6.42 Å². The van der Waals surface area contributed by atoms with Crippen LogP contribution in [0.1, 0.15) is 78.1 Å². The zero-order valence-electron chi connectivity index (χ0n) is 13.3. The predicted octanol–water partition coefficient (Wildman–Crippen LogP) is 5.01. The summed E-state index contributed by atoms with van der Waals surface area (Å²) in [6.45, 7) is 7.06. The molecule has 2 aliphatic rings. The molecule has 0 aromatic heterocycles. The third kappa shape index (κ3) is 4.77. The molecule has 0 aromatic rings. The van der Waals surface area contributed by atoms with Crippen LogP contribution in [-0.4, -0.2) is 13.1 Å². The predicted molar refractivity (Wildman–Crippen MR) is 84.3 cm³/mol. The van der Waals surface area contributed by atoms with Crippen LogP contribution in [0.2, 0.25) is 0 Å². The molecular formula is C18H35N. The van der Waals surface area contributed by atoms with Gasteiger partial charge < -0.3 is 5.32 Å². The standard InChI is InChI=1S/C18H35N/c1-3-15-10-11-17(14-19-4-2)18(12-15)13-16-8-6-5-7-9-16/h15-19H,3-14H2,1-2H3. The van der Waals surface area contributed by atoms with Gasteiger partial charge >= 0.3 is 0 Å². The van der Waals surface area contributed by atoms with Crippen molar-refractivity contribution in [2.45, 2.75) is 78.1 Å². The fourth-order valence-electron chi connectivity index (χ4n) is 4.53. The van der Waals surface area contributed by atoms with E-state index in [2.05, 4.69) is 19.2 Å². The highest BCUT2D eigenvalue weighted by molar-refractivity contribution is 4.83. The molecule has 3 atom stereocenters. The lowest BCUT2D eigenvalue weighted by Gasteiger charge is -2.38. The van der Waals surface area contributed by atoms with Gasteiger partial charge in [-0.2, -0.15) is 0 Å². The SMILES string of the molecule is CCNCC1CCC(CC)CC1CC1CCCCC1. The first-order valence-corrected chi connectivity index (χ1v) is 9.04. The second kappa shape index (κ2) is 8.29. The molecule has 1 heteroatoms. The quantitative estimate of drug-likeness (QED) is 0.712. The molecule has 0 amide bonds. The minimum Gasteiger partial charge on any atom is -0.317 e. The minimum atomic E-state index is 0.977. The molecule has 0 aromatic carbocycles. The van der Waals surface area contributed by atoms with E-state index < -0.39 is 0 Å². The van der Waals surface area contributed by atoms with Crippen molar-refractivity contribution in [1.82, 2.24) is 5.32 Å². The molecule has 2 rings (SSSR count). The molecule has 0 radical (unpaired) electrons. The Hall–Kier alpha value is -0.0400. The maximum absolute atomic E-state index is 3.62. The third-order valence-corrected chi connectivity index (χ3v) is 5.84. The van der Waals surface area contributed by atoms with Crippen molar-refractivity contribution in [2.75, 3.05) is 13.1 Å². The number of hydrogen-bond acceptors (Lipinski definition) is 1. The van der Waals surface area contributed by atoms with E-state index in [0.717, 1.165) is 30.2 Å². The Kier molecular flexibility index (Phi) is 6.70. The van der Waals surface area contributed by atoms with Gasteiger partial charge in [-0.15, -0.1) is 0 Å². The van der Waals surface area contributed by atoms with Gasteiger partial charge in [0.15, 0.2) is 0 Å². The smallest absolute Gasteiger partial charge is 0.00180 e. The van der Waals surface area contributed by atoms with Crippen LogP contribution >= 0.6 is 0 Å². The summed E-state index contributed by atoms with van der Waals surface area (Å²) < 4.78 is 0. The zero-order chi connectivity index (χ0) is 13.5. The monoisotopic (exact) mass is 265 g/mol. The van der Waals surface area contributed by atoms with Crippen LogP contribution in [0.5, 0.6) is 0 Å². The van der Waals surface area contributed by atoms with Gasteiger partial charge in [-0.25, -0.2) is 0 Å². The molecular weight excluding hydrogens is 230 g/mol. The van der Waals surface area contributed by atoms with Crippen LogP contribution in [0.15, 0.2) is 0 Å². The van der Waals surface area contributed by atoms with Crippen LogP contribution in [0.4, 0.5) is 0 Å². The van der Waals surface area contributed by atoms with E-state index in [1.165, 1.54) is 64.3 Å². The highest BCUT2D eigenvalue weighted by atomic mass is 14.8. The minimum absolute atomic E-state index is 0.977. The molecule has 0 bridgehead atoms. The number of hydrogen-bond donors (Lipinski definition) is 1.